The molecule has 4 N–H and O–H groups in total. The lowest BCUT2D eigenvalue weighted by molar-refractivity contribution is -0.159. The molecule has 1 aliphatic carbocycles. The second kappa shape index (κ2) is 14.6. The van der Waals surface area contributed by atoms with E-state index in [1.807, 2.05) is 0 Å². The van der Waals surface area contributed by atoms with Gasteiger partial charge < -0.3 is 19.9 Å². The zero-order valence-corrected chi connectivity index (χ0v) is 24.5. The lowest BCUT2D eigenvalue weighted by atomic mass is 9.90. The van der Waals surface area contributed by atoms with Gasteiger partial charge in [0.2, 0.25) is 0 Å². The molecule has 0 fully saturated rings. The summed E-state index contributed by atoms with van der Waals surface area (Å²) in [5.74, 6) is -1.34. The number of carbonyl (C=O) groups excluding carboxylic acids is 1. The Kier molecular flexibility index (Phi) is 10.6. The lowest BCUT2D eigenvalue weighted by Gasteiger charge is -2.17. The molecule has 224 valence electrons. The third-order valence-electron chi connectivity index (χ3n) is 7.18. The molecule has 43 heavy (non-hydrogen) atoms. The molecular formula is C33H34N2O7S. The van der Waals surface area contributed by atoms with Crippen LogP contribution in [0.2, 0.25) is 0 Å². The van der Waals surface area contributed by atoms with Gasteiger partial charge in [-0.15, -0.1) is 0 Å². The maximum atomic E-state index is 12.4. The maximum absolute atomic E-state index is 12.4. The molecule has 0 bridgehead atoms. The maximum Gasteiger partial charge on any atom is 0.336 e. The number of hydroxylamine groups is 2. The first-order valence-electron chi connectivity index (χ1n) is 14.2. The summed E-state index contributed by atoms with van der Waals surface area (Å²) in [5, 5.41) is 34.1. The molecule has 0 radical (unpaired) electrons. The van der Waals surface area contributed by atoms with Crippen molar-refractivity contribution in [3.05, 3.63) is 83.0 Å². The zero-order chi connectivity index (χ0) is 30.9. The Morgan fingerprint density at radius 1 is 0.930 bits per heavy atom. The van der Waals surface area contributed by atoms with Crippen molar-refractivity contribution in [2.24, 2.45) is 0 Å². The van der Waals surface area contributed by atoms with Crippen LogP contribution in [-0.4, -0.2) is 43.9 Å². The molecular weight excluding hydrogens is 568 g/mol. The van der Waals surface area contributed by atoms with E-state index < -0.39 is 11.9 Å². The number of hydrogen-bond donors (Lipinski definition) is 4. The normalized spacial score (nSPS) is 11.0. The van der Waals surface area contributed by atoms with Crippen LogP contribution in [0.15, 0.2) is 76.5 Å². The Morgan fingerprint density at radius 3 is 2.35 bits per heavy atom. The molecule has 2 aliphatic rings. The highest BCUT2D eigenvalue weighted by molar-refractivity contribution is 7.80. The highest BCUT2D eigenvalue weighted by atomic mass is 32.1. The number of nitrogens with one attached hydrogen (secondary N) is 1. The van der Waals surface area contributed by atoms with Crippen LogP contribution in [0.25, 0.3) is 33.4 Å². The number of carbonyl (C=O) groups is 2. The van der Waals surface area contributed by atoms with Crippen LogP contribution < -0.4 is 10.7 Å². The van der Waals surface area contributed by atoms with Gasteiger partial charge in [0.25, 0.3) is 5.91 Å². The average molecular weight is 603 g/mol. The molecule has 4 rings (SSSR count). The second-order valence-electron chi connectivity index (χ2n) is 10.3. The number of phenols is 1. The fourth-order valence-corrected chi connectivity index (χ4v) is 5.30. The predicted octanol–water partition coefficient (Wildman–Crippen LogP) is 7.23. The highest BCUT2D eigenvalue weighted by Crippen LogP contribution is 2.42. The van der Waals surface area contributed by atoms with E-state index in [2.05, 4.69) is 11.9 Å². The number of benzene rings is 3. The molecule has 0 spiro atoms. The smallest absolute Gasteiger partial charge is 0.336 e. The van der Waals surface area contributed by atoms with Crippen molar-refractivity contribution >= 4 is 45.7 Å². The van der Waals surface area contributed by atoms with Crippen molar-refractivity contribution in [3.8, 4) is 28.2 Å². The van der Waals surface area contributed by atoms with Crippen LogP contribution in [0.3, 0.4) is 0 Å². The highest BCUT2D eigenvalue weighted by Gasteiger charge is 2.22. The number of aromatic hydroxyl groups is 1. The van der Waals surface area contributed by atoms with E-state index in [9.17, 15) is 29.8 Å². The van der Waals surface area contributed by atoms with Gasteiger partial charge >= 0.3 is 5.97 Å². The third kappa shape index (κ3) is 8.06. The number of nitrogens with zero attached hydrogens (tertiary/aromatic N) is 1. The van der Waals surface area contributed by atoms with Gasteiger partial charge in [-0.2, -0.15) is 0 Å². The molecule has 10 heteroatoms. The monoisotopic (exact) mass is 602 g/mol. The predicted molar refractivity (Wildman–Crippen MR) is 170 cm³/mol. The topological polar surface area (TPSA) is 140 Å². The van der Waals surface area contributed by atoms with Gasteiger partial charge in [0.15, 0.2) is 5.43 Å². The molecule has 9 nitrogen and oxygen atoms in total. The van der Waals surface area contributed by atoms with E-state index in [1.165, 1.54) is 24.3 Å². The summed E-state index contributed by atoms with van der Waals surface area (Å²) >= 11 is 5.53. The molecule has 2 aromatic rings. The van der Waals surface area contributed by atoms with Crippen molar-refractivity contribution in [2.45, 2.75) is 51.4 Å². The van der Waals surface area contributed by atoms with Gasteiger partial charge in [0.05, 0.1) is 10.6 Å². The fourth-order valence-electron chi connectivity index (χ4n) is 5.04. The van der Waals surface area contributed by atoms with E-state index in [0.29, 0.717) is 56.4 Å². The lowest BCUT2D eigenvalue weighted by Crippen LogP contribution is -2.26. The van der Waals surface area contributed by atoms with Gasteiger partial charge in [-0.05, 0) is 67.3 Å². The van der Waals surface area contributed by atoms with Crippen molar-refractivity contribution in [3.63, 3.8) is 0 Å². The first-order valence-corrected chi connectivity index (χ1v) is 14.6. The SMILES string of the molecule is C=CC(=O)N(O)CCCCCCCCCC(=S)Nc1ccc(-c2c3ccc(=O)cc-3oc3cc(O)ccc23)c(C(=O)O)c1. The van der Waals surface area contributed by atoms with Crippen molar-refractivity contribution in [1.82, 2.24) is 5.06 Å². The van der Waals surface area contributed by atoms with Gasteiger partial charge in [-0.1, -0.05) is 57.0 Å². The largest absolute Gasteiger partial charge is 0.508 e. The summed E-state index contributed by atoms with van der Waals surface area (Å²) in [7, 11) is 0. The van der Waals surface area contributed by atoms with Gasteiger partial charge in [-0.25, -0.2) is 9.86 Å². The molecule has 0 saturated heterocycles. The number of fused-ring (bicyclic) bond motifs is 2. The van der Waals surface area contributed by atoms with E-state index in [0.717, 1.165) is 51.0 Å². The number of aromatic carboxylic acids is 1. The van der Waals surface area contributed by atoms with E-state index in [4.69, 9.17) is 16.6 Å². The first kappa shape index (κ1) is 31.4. The van der Waals surface area contributed by atoms with Gasteiger partial charge in [0.1, 0.15) is 17.1 Å². The fraction of sp³-hybridized carbons (Fsp3) is 0.273. The minimum Gasteiger partial charge on any atom is -0.508 e. The van der Waals surface area contributed by atoms with E-state index >= 15 is 0 Å². The van der Waals surface area contributed by atoms with Crippen molar-refractivity contribution in [2.75, 3.05) is 11.9 Å². The molecule has 1 amide bonds. The summed E-state index contributed by atoms with van der Waals surface area (Å²) < 4.78 is 5.88. The molecule has 0 saturated carbocycles. The number of anilines is 1. The summed E-state index contributed by atoms with van der Waals surface area (Å²) in [6, 6.07) is 14.0. The number of thiocarbonyl (C=S) groups is 1. The van der Waals surface area contributed by atoms with Crippen molar-refractivity contribution < 1.29 is 29.4 Å². The minimum absolute atomic E-state index is 0.0147. The van der Waals surface area contributed by atoms with Crippen molar-refractivity contribution in [1.29, 1.82) is 0 Å². The third-order valence-corrected chi connectivity index (χ3v) is 7.49. The number of phenolic OH excluding ortho intramolecular Hbond substituents is 1. The first-order chi connectivity index (χ1) is 20.7. The summed E-state index contributed by atoms with van der Waals surface area (Å²) in [6.07, 6.45) is 8.43. The number of amides is 1. The summed E-state index contributed by atoms with van der Waals surface area (Å²) in [4.78, 5) is 36.3. The van der Waals surface area contributed by atoms with Gasteiger partial charge in [-0.3, -0.25) is 14.8 Å². The second-order valence-corrected chi connectivity index (χ2v) is 10.8. The zero-order valence-electron chi connectivity index (χ0n) is 23.7. The van der Waals surface area contributed by atoms with Crippen LogP contribution in [0.4, 0.5) is 5.69 Å². The Balaban J connectivity index is 1.38. The van der Waals surface area contributed by atoms with Crippen LogP contribution in [0.5, 0.6) is 5.75 Å². The molecule has 0 atom stereocenters. The minimum atomic E-state index is -1.12. The Hall–Kier alpha value is -4.54. The Labute approximate surface area is 254 Å². The number of carboxylic acid groups (broad SMARTS) is 1. The van der Waals surface area contributed by atoms with E-state index in [-0.39, 0.29) is 22.5 Å². The van der Waals surface area contributed by atoms with E-state index in [1.54, 1.807) is 30.3 Å². The molecule has 1 heterocycles. The van der Waals surface area contributed by atoms with Crippen LogP contribution in [0.1, 0.15) is 61.7 Å². The Morgan fingerprint density at radius 2 is 1.63 bits per heavy atom. The standard InChI is InChI=1S/C33H34N2O7S/c1-2-31(38)35(41)17-9-7-5-3-4-6-8-10-30(43)34-21-11-14-24(27(18-21)33(39)40)32-25-15-12-22(36)19-28(25)42-29-20-23(37)13-16-26(29)32/h2,11-16,18-20,36,41H,1,3-10,17H2,(H,34,43)(H,39,40). The molecule has 0 aromatic heterocycles. The molecule has 0 unspecified atom stereocenters. The van der Waals surface area contributed by atoms with Crippen LogP contribution in [-0.2, 0) is 4.79 Å². The van der Waals surface area contributed by atoms with Gasteiger partial charge in [0, 0.05) is 40.9 Å². The number of unbranched alkanes of at least 4 members (excludes halogenated alkanes) is 6. The average Bonchev–Trinajstić information content (AvgIpc) is 2.98. The molecule has 1 aliphatic heterocycles. The summed E-state index contributed by atoms with van der Waals surface area (Å²) in [5.41, 5.74) is 2.30. The number of rotatable bonds is 14. The molecule has 2 aromatic carbocycles. The number of carboxylic acids is 1. The number of hydrogen-bond acceptors (Lipinski definition) is 7. The van der Waals surface area contributed by atoms with Crippen LogP contribution >= 0.6 is 12.2 Å². The Bertz CT molecular complexity index is 1680. The quantitative estimate of drug-likeness (QED) is 0.0294. The summed E-state index contributed by atoms with van der Waals surface area (Å²) in [6.45, 7) is 3.65. The van der Waals surface area contributed by atoms with Crippen LogP contribution in [0, 0.1) is 0 Å².